The molecule has 0 N–H and O–H groups in total. The zero-order chi connectivity index (χ0) is 44.0. The van der Waals surface area contributed by atoms with Crippen molar-refractivity contribution in [2.24, 2.45) is 0 Å². The van der Waals surface area contributed by atoms with Crippen molar-refractivity contribution in [2.45, 2.75) is 0 Å². The first-order valence-corrected chi connectivity index (χ1v) is 20.3. The molecule has 2 heterocycles. The molecular weight excluding hydrogens is 741 g/mol. The van der Waals surface area contributed by atoms with E-state index >= 15 is 0 Å². The fourth-order valence-electron chi connectivity index (χ4n) is 8.14. The summed E-state index contributed by atoms with van der Waals surface area (Å²) in [5.74, 6) is 1.61. The monoisotopic (exact) mass is 782 g/mol. The van der Waals surface area contributed by atoms with Crippen LogP contribution in [-0.2, 0) is 0 Å². The Hall–Kier alpha value is -8.21. The van der Waals surface area contributed by atoms with E-state index in [4.69, 9.17) is 19.1 Å². The average Bonchev–Trinajstić information content (AvgIpc) is 3.74. The zero-order valence-electron chi connectivity index (χ0n) is 36.9. The molecule has 0 saturated carbocycles. The van der Waals surface area contributed by atoms with Gasteiger partial charge in [0.1, 0.15) is 0 Å². The van der Waals surface area contributed by atoms with Crippen LogP contribution in [0.5, 0.6) is 0 Å². The van der Waals surface area contributed by atoms with E-state index in [0.717, 1.165) is 72.2 Å². The van der Waals surface area contributed by atoms with E-state index < -0.39 is 0 Å². The molecule has 0 aliphatic heterocycles. The molecule has 4 heteroatoms. The normalized spacial score (nSPS) is 12.2. The Morgan fingerprint density at radius 3 is 1.18 bits per heavy atom. The summed E-state index contributed by atoms with van der Waals surface area (Å²) in [6, 6.07) is 68.8. The van der Waals surface area contributed by atoms with Crippen molar-refractivity contribution in [1.82, 2.24) is 19.5 Å². The maximum atomic E-state index is 9.23. The number of para-hydroxylation sites is 2. The van der Waals surface area contributed by atoms with E-state index in [9.17, 15) is 1.37 Å². The molecule has 0 aliphatic rings. The van der Waals surface area contributed by atoms with E-state index in [1.54, 1.807) is 0 Å². The van der Waals surface area contributed by atoms with Crippen LogP contribution in [0.2, 0.25) is 0 Å². The van der Waals surface area contributed by atoms with Crippen molar-refractivity contribution >= 4 is 21.8 Å². The minimum absolute atomic E-state index is 0.0734. The number of aromatic nitrogens is 4. The minimum atomic E-state index is -0.282. The van der Waals surface area contributed by atoms with Crippen molar-refractivity contribution in [3.63, 3.8) is 0 Å². The second kappa shape index (κ2) is 15.5. The Morgan fingerprint density at radius 2 is 0.689 bits per heavy atom. The SMILES string of the molecule is [2H]c1c([2H])c([2H])c2c(c1[2H])c1cccc(-c3ccc(-c4ccc(-c5ccccc5)cc4)cc3)c1n2-c1ccc(-c2nc(-c3ccccc3)nc(-c3ccc(-c4ccccc4)cc3)n2)cc1. The third kappa shape index (κ3) is 6.86. The van der Waals surface area contributed by atoms with Crippen LogP contribution in [0.4, 0.5) is 0 Å². The van der Waals surface area contributed by atoms with Gasteiger partial charge in [-0.25, -0.2) is 15.0 Å². The number of benzene rings is 9. The van der Waals surface area contributed by atoms with Gasteiger partial charge in [0.2, 0.25) is 0 Å². The van der Waals surface area contributed by atoms with Gasteiger partial charge in [-0.2, -0.15) is 0 Å². The molecule has 11 aromatic rings. The zero-order valence-corrected chi connectivity index (χ0v) is 32.9. The lowest BCUT2D eigenvalue weighted by atomic mass is 9.97. The van der Waals surface area contributed by atoms with Crippen molar-refractivity contribution in [3.8, 4) is 84.4 Å². The number of fused-ring (bicyclic) bond motifs is 3. The summed E-state index contributed by atoms with van der Waals surface area (Å²) in [6.07, 6.45) is 0. The Kier molecular flexibility index (Phi) is 8.07. The van der Waals surface area contributed by atoms with Crippen LogP contribution in [-0.4, -0.2) is 19.5 Å². The number of rotatable bonds is 8. The smallest absolute Gasteiger partial charge is 0.164 e. The van der Waals surface area contributed by atoms with Crippen LogP contribution in [0, 0.1) is 0 Å². The van der Waals surface area contributed by atoms with Gasteiger partial charge in [-0.05, 0) is 69.3 Å². The molecule has 0 aliphatic carbocycles. The Bertz CT molecular complexity index is 3520. The van der Waals surface area contributed by atoms with Gasteiger partial charge < -0.3 is 4.57 Å². The second-order valence-electron chi connectivity index (χ2n) is 14.9. The maximum absolute atomic E-state index is 9.23. The van der Waals surface area contributed by atoms with Crippen LogP contribution in [0.1, 0.15) is 5.48 Å². The summed E-state index contributed by atoms with van der Waals surface area (Å²) in [7, 11) is 0. The molecule has 0 radical (unpaired) electrons. The van der Waals surface area contributed by atoms with Crippen molar-refractivity contribution in [2.75, 3.05) is 0 Å². The van der Waals surface area contributed by atoms with Gasteiger partial charge in [-0.3, -0.25) is 0 Å². The highest BCUT2D eigenvalue weighted by atomic mass is 15.0. The topological polar surface area (TPSA) is 43.6 Å². The van der Waals surface area contributed by atoms with Crippen LogP contribution in [0.15, 0.2) is 230 Å². The predicted molar refractivity (Wildman–Crippen MR) is 252 cm³/mol. The first-order chi connectivity index (χ1) is 31.9. The maximum Gasteiger partial charge on any atom is 0.164 e. The molecule has 0 amide bonds. The van der Waals surface area contributed by atoms with Gasteiger partial charge in [-0.15, -0.1) is 0 Å². The first-order valence-electron chi connectivity index (χ1n) is 22.3. The number of hydrogen-bond acceptors (Lipinski definition) is 3. The fraction of sp³-hybridized carbons (Fsp3) is 0. The van der Waals surface area contributed by atoms with Crippen molar-refractivity contribution in [1.29, 1.82) is 0 Å². The van der Waals surface area contributed by atoms with Crippen LogP contribution in [0.25, 0.3) is 106 Å². The predicted octanol–water partition coefficient (Wildman–Crippen LogP) is 14.6. The Labute approximate surface area is 360 Å². The molecule has 286 valence electrons. The summed E-state index contributed by atoms with van der Waals surface area (Å²) in [5.41, 5.74) is 13.0. The molecule has 0 saturated heterocycles. The van der Waals surface area contributed by atoms with Crippen molar-refractivity contribution < 1.29 is 5.48 Å². The van der Waals surface area contributed by atoms with Gasteiger partial charge in [-0.1, -0.05) is 200 Å². The lowest BCUT2D eigenvalue weighted by molar-refractivity contribution is 1.07. The average molecular weight is 783 g/mol. The van der Waals surface area contributed by atoms with E-state index in [-0.39, 0.29) is 24.2 Å². The van der Waals surface area contributed by atoms with Crippen LogP contribution >= 0.6 is 0 Å². The van der Waals surface area contributed by atoms with E-state index in [0.29, 0.717) is 28.4 Å². The highest BCUT2D eigenvalue weighted by molar-refractivity contribution is 6.13. The molecule has 9 aromatic carbocycles. The second-order valence-corrected chi connectivity index (χ2v) is 14.9. The molecule has 0 spiro atoms. The van der Waals surface area contributed by atoms with E-state index in [1.165, 1.54) is 5.56 Å². The summed E-state index contributed by atoms with van der Waals surface area (Å²) in [6.45, 7) is 0. The molecular formula is C57H38N4. The highest BCUT2D eigenvalue weighted by Crippen LogP contribution is 2.39. The summed E-state index contributed by atoms with van der Waals surface area (Å²) < 4.78 is 37.7. The van der Waals surface area contributed by atoms with Crippen LogP contribution in [0.3, 0.4) is 0 Å². The van der Waals surface area contributed by atoms with Gasteiger partial charge in [0.15, 0.2) is 17.5 Å². The minimum Gasteiger partial charge on any atom is -0.309 e. The summed E-state index contributed by atoms with van der Waals surface area (Å²) in [4.78, 5) is 14.9. The largest absolute Gasteiger partial charge is 0.309 e. The highest BCUT2D eigenvalue weighted by Gasteiger charge is 2.18. The molecule has 61 heavy (non-hydrogen) atoms. The molecule has 2 aromatic heterocycles. The first kappa shape index (κ1) is 31.7. The number of hydrogen-bond donors (Lipinski definition) is 0. The van der Waals surface area contributed by atoms with Gasteiger partial charge in [0, 0.05) is 38.7 Å². The quantitative estimate of drug-likeness (QED) is 0.154. The summed E-state index contributed by atoms with van der Waals surface area (Å²) >= 11 is 0. The van der Waals surface area contributed by atoms with Gasteiger partial charge in [0.25, 0.3) is 0 Å². The third-order valence-electron chi connectivity index (χ3n) is 11.2. The van der Waals surface area contributed by atoms with E-state index in [2.05, 4.69) is 91.0 Å². The molecule has 0 unspecified atom stereocenters. The molecule has 11 rings (SSSR count). The van der Waals surface area contributed by atoms with Crippen molar-refractivity contribution in [3.05, 3.63) is 230 Å². The standard InChI is InChI=1S/C57H38N4/c1-4-13-39(14-5-1)41-23-25-43(26-24-41)44-27-31-45(32-28-44)50-20-12-21-52-51-19-10-11-22-53(51)61(54(50)52)49-37-35-48(36-38-49)57-59-55(46-17-8-3-9-18-46)58-56(60-57)47-33-29-42(30-34-47)40-15-6-2-7-16-40/h1-38H/i10D,11D,19D,22D. The Balaban J connectivity index is 1.02. The van der Waals surface area contributed by atoms with Crippen LogP contribution < -0.4 is 0 Å². The molecule has 0 bridgehead atoms. The van der Waals surface area contributed by atoms with E-state index in [1.807, 2.05) is 120 Å². The third-order valence-corrected chi connectivity index (χ3v) is 11.2. The van der Waals surface area contributed by atoms with Gasteiger partial charge in [0.05, 0.1) is 16.5 Å². The number of nitrogens with zero attached hydrogens (tertiary/aromatic N) is 4. The summed E-state index contributed by atoms with van der Waals surface area (Å²) in [5, 5.41) is 1.21. The van der Waals surface area contributed by atoms with Gasteiger partial charge >= 0.3 is 0 Å². The Morgan fingerprint density at radius 1 is 0.311 bits per heavy atom. The fourth-order valence-corrected chi connectivity index (χ4v) is 8.14. The molecule has 0 atom stereocenters. The lowest BCUT2D eigenvalue weighted by Crippen LogP contribution is -2.00. The molecule has 4 nitrogen and oxygen atoms in total. The molecule has 0 fully saturated rings. The lowest BCUT2D eigenvalue weighted by Gasteiger charge is -2.13.